The van der Waals surface area contributed by atoms with Crippen molar-refractivity contribution in [2.24, 2.45) is 11.5 Å². The highest BCUT2D eigenvalue weighted by atomic mass is 16.0. The molecule has 52 valence electrons. The molecule has 3 heteroatoms. The summed E-state index contributed by atoms with van der Waals surface area (Å²) in [7, 11) is 0. The predicted molar refractivity (Wildman–Crippen MR) is 39.4 cm³/mol. The first-order chi connectivity index (χ1) is 3.83. The molecule has 0 spiro atoms. The van der Waals surface area contributed by atoms with Gasteiger partial charge < -0.3 is 16.9 Å². The van der Waals surface area contributed by atoms with Crippen LogP contribution in [0.25, 0.3) is 0 Å². The summed E-state index contributed by atoms with van der Waals surface area (Å²) < 4.78 is 0. The topological polar surface area (TPSA) is 83.5 Å². The van der Waals surface area contributed by atoms with Crippen molar-refractivity contribution in [2.75, 3.05) is 13.1 Å². The van der Waals surface area contributed by atoms with Gasteiger partial charge in [-0.2, -0.15) is 0 Å². The van der Waals surface area contributed by atoms with Crippen molar-refractivity contribution in [3.05, 3.63) is 0 Å². The van der Waals surface area contributed by atoms with Crippen molar-refractivity contribution < 1.29 is 5.48 Å². The monoisotopic (exact) mass is 128 g/mol. The van der Waals surface area contributed by atoms with Crippen molar-refractivity contribution in [1.82, 2.24) is 0 Å². The van der Waals surface area contributed by atoms with Crippen molar-refractivity contribution in [3.63, 3.8) is 0 Å². The molecule has 0 aromatic rings. The van der Waals surface area contributed by atoms with Gasteiger partial charge >= 0.3 is 0 Å². The molecular formula is C6H12N2O. The smallest absolute Gasteiger partial charge is 0.0548 e. The fourth-order valence-corrected chi connectivity index (χ4v) is 0. The van der Waals surface area contributed by atoms with Gasteiger partial charge in [0.25, 0.3) is 0 Å². The predicted octanol–water partition coefficient (Wildman–Crippen LogP) is -1.67. The fourth-order valence-electron chi connectivity index (χ4n) is 0. The van der Waals surface area contributed by atoms with E-state index < -0.39 is 0 Å². The van der Waals surface area contributed by atoms with Gasteiger partial charge in [-0.1, -0.05) is 11.8 Å². The maximum atomic E-state index is 4.79. The van der Waals surface area contributed by atoms with Crippen LogP contribution in [0.3, 0.4) is 0 Å². The van der Waals surface area contributed by atoms with Crippen LogP contribution in [0.1, 0.15) is 0 Å². The lowest BCUT2D eigenvalue weighted by atomic mass is 10.7. The van der Waals surface area contributed by atoms with E-state index in [0.29, 0.717) is 13.1 Å². The first-order valence-electron chi connectivity index (χ1n) is 2.10. The molecule has 0 aromatic carbocycles. The number of nitrogens with two attached hydrogens (primary N) is 2. The lowest BCUT2D eigenvalue weighted by molar-refractivity contribution is 0.824. The molecule has 0 unspecified atom stereocenters. The minimum absolute atomic E-state index is 0. The van der Waals surface area contributed by atoms with Gasteiger partial charge in [0.05, 0.1) is 13.1 Å². The number of hydrogen-bond acceptors (Lipinski definition) is 2. The maximum Gasteiger partial charge on any atom is 0.0548 e. The standard InChI is InChI=1S/2C3H5N.H2O/c2*1-2-3-4;/h2*1H,3-4H2;1H2. The summed E-state index contributed by atoms with van der Waals surface area (Å²) in [5.41, 5.74) is 9.58. The van der Waals surface area contributed by atoms with E-state index in [0.717, 1.165) is 0 Å². The lowest BCUT2D eigenvalue weighted by Gasteiger charge is -1.56. The van der Waals surface area contributed by atoms with Crippen molar-refractivity contribution >= 4 is 0 Å². The van der Waals surface area contributed by atoms with Crippen molar-refractivity contribution in [2.45, 2.75) is 0 Å². The van der Waals surface area contributed by atoms with E-state index in [9.17, 15) is 0 Å². The average Bonchev–Trinajstić information content (AvgIpc) is 1.88. The highest BCUT2D eigenvalue weighted by molar-refractivity contribution is 4.84. The molecule has 0 rings (SSSR count). The van der Waals surface area contributed by atoms with Crippen LogP contribution < -0.4 is 11.5 Å². The Morgan fingerprint density at radius 2 is 1.11 bits per heavy atom. The molecule has 0 aromatic heterocycles. The zero-order valence-electron chi connectivity index (χ0n) is 5.22. The Morgan fingerprint density at radius 1 is 1.00 bits per heavy atom. The summed E-state index contributed by atoms with van der Waals surface area (Å²) in [4.78, 5) is 0. The zero-order valence-corrected chi connectivity index (χ0v) is 5.22. The molecule has 0 radical (unpaired) electrons. The summed E-state index contributed by atoms with van der Waals surface area (Å²) in [6.45, 7) is 0.694. The van der Waals surface area contributed by atoms with E-state index in [4.69, 9.17) is 11.5 Å². The summed E-state index contributed by atoms with van der Waals surface area (Å²) in [5, 5.41) is 0. The third kappa shape index (κ3) is 175. The maximum absolute atomic E-state index is 4.79. The van der Waals surface area contributed by atoms with Gasteiger partial charge in [-0.15, -0.1) is 12.8 Å². The largest absolute Gasteiger partial charge is 0.412 e. The molecule has 0 saturated heterocycles. The quantitative estimate of drug-likeness (QED) is 0.382. The summed E-state index contributed by atoms with van der Waals surface area (Å²) in [5.74, 6) is 4.42. The second-order valence-electron chi connectivity index (χ2n) is 0.816. The summed E-state index contributed by atoms with van der Waals surface area (Å²) in [6.07, 6.45) is 9.31. The fraction of sp³-hybridized carbons (Fsp3) is 0.333. The van der Waals surface area contributed by atoms with Crippen LogP contribution in [-0.4, -0.2) is 18.6 Å². The highest BCUT2D eigenvalue weighted by Crippen LogP contribution is 1.26. The van der Waals surface area contributed by atoms with Gasteiger partial charge in [-0.3, -0.25) is 0 Å². The van der Waals surface area contributed by atoms with E-state index in [2.05, 4.69) is 24.7 Å². The van der Waals surface area contributed by atoms with Gasteiger partial charge in [0.15, 0.2) is 0 Å². The van der Waals surface area contributed by atoms with E-state index in [1.165, 1.54) is 0 Å². The second-order valence-corrected chi connectivity index (χ2v) is 0.816. The van der Waals surface area contributed by atoms with Gasteiger partial charge in [-0.25, -0.2) is 0 Å². The Hall–Kier alpha value is -1.00. The van der Waals surface area contributed by atoms with E-state index in [1.807, 2.05) is 0 Å². The summed E-state index contributed by atoms with van der Waals surface area (Å²) in [6, 6.07) is 0. The second kappa shape index (κ2) is 28.0. The van der Waals surface area contributed by atoms with Crippen LogP contribution in [0, 0.1) is 24.7 Å². The minimum atomic E-state index is 0. The molecule has 0 amide bonds. The Labute approximate surface area is 55.7 Å². The van der Waals surface area contributed by atoms with Gasteiger partial charge in [0.1, 0.15) is 0 Å². The molecule has 0 fully saturated rings. The molecule has 0 saturated carbocycles. The molecular weight excluding hydrogens is 116 g/mol. The number of hydrogen-bond donors (Lipinski definition) is 2. The normalized spacial score (nSPS) is 4.44. The molecule has 0 bridgehead atoms. The molecule has 0 heterocycles. The highest BCUT2D eigenvalue weighted by Gasteiger charge is 1.42. The molecule has 0 atom stereocenters. The van der Waals surface area contributed by atoms with Crippen molar-refractivity contribution in [3.8, 4) is 24.7 Å². The van der Waals surface area contributed by atoms with E-state index >= 15 is 0 Å². The Kier molecular flexibility index (Phi) is 48.8. The van der Waals surface area contributed by atoms with Crippen molar-refractivity contribution in [1.29, 1.82) is 0 Å². The molecule has 0 aliphatic carbocycles. The van der Waals surface area contributed by atoms with Crippen LogP contribution in [0.15, 0.2) is 0 Å². The van der Waals surface area contributed by atoms with Crippen LogP contribution >= 0.6 is 0 Å². The third-order valence-corrected chi connectivity index (χ3v) is 0.236. The summed E-state index contributed by atoms with van der Waals surface area (Å²) >= 11 is 0. The third-order valence-electron chi connectivity index (χ3n) is 0.236. The van der Waals surface area contributed by atoms with Crippen LogP contribution in [0.5, 0.6) is 0 Å². The Balaban J connectivity index is -0.0000000720. The van der Waals surface area contributed by atoms with Gasteiger partial charge in [0, 0.05) is 0 Å². The molecule has 9 heavy (non-hydrogen) atoms. The Morgan fingerprint density at radius 3 is 1.11 bits per heavy atom. The van der Waals surface area contributed by atoms with Crippen LogP contribution in [0.4, 0.5) is 0 Å². The van der Waals surface area contributed by atoms with Crippen LogP contribution in [-0.2, 0) is 0 Å². The SMILES string of the molecule is C#CCN.C#CCN.O. The van der Waals surface area contributed by atoms with Crippen LogP contribution in [0.2, 0.25) is 0 Å². The van der Waals surface area contributed by atoms with Gasteiger partial charge in [0.2, 0.25) is 0 Å². The number of rotatable bonds is 0. The first-order valence-corrected chi connectivity index (χ1v) is 2.10. The minimum Gasteiger partial charge on any atom is -0.412 e. The van der Waals surface area contributed by atoms with E-state index in [1.54, 1.807) is 0 Å². The molecule has 6 N–H and O–H groups in total. The Bertz CT molecular complexity index is 84.6. The molecule has 0 aliphatic heterocycles. The first kappa shape index (κ1) is 15.7. The lowest BCUT2D eigenvalue weighted by Crippen LogP contribution is -1.91. The van der Waals surface area contributed by atoms with E-state index in [-0.39, 0.29) is 5.48 Å². The average molecular weight is 128 g/mol. The molecule has 0 aliphatic rings. The molecule has 3 nitrogen and oxygen atoms in total. The number of terminal acetylenes is 2. The van der Waals surface area contributed by atoms with Gasteiger partial charge in [-0.05, 0) is 0 Å². The zero-order chi connectivity index (χ0) is 6.83.